The number of pyridine rings is 1. The lowest BCUT2D eigenvalue weighted by Crippen LogP contribution is -2.30. The van der Waals surface area contributed by atoms with E-state index in [0.29, 0.717) is 18.8 Å². The molecule has 0 aromatic carbocycles. The van der Waals surface area contributed by atoms with Crippen LogP contribution in [0, 0.1) is 0 Å². The molecule has 0 atom stereocenters. The minimum absolute atomic E-state index is 0.0874. The molecular weight excluding hydrogens is 244 g/mol. The van der Waals surface area contributed by atoms with E-state index in [4.69, 9.17) is 5.11 Å². The number of carbonyl (C=O) groups is 2. The fraction of sp³-hybridized carbons (Fsp3) is 0.357. The van der Waals surface area contributed by atoms with Crippen molar-refractivity contribution in [3.05, 3.63) is 30.0 Å². The Hall–Kier alpha value is -2.17. The van der Waals surface area contributed by atoms with E-state index in [1.54, 1.807) is 23.2 Å². The van der Waals surface area contributed by atoms with Crippen molar-refractivity contribution in [3.63, 3.8) is 0 Å². The third-order valence-electron chi connectivity index (χ3n) is 3.04. The first-order chi connectivity index (χ1) is 9.16. The van der Waals surface area contributed by atoms with E-state index in [0.717, 1.165) is 30.9 Å². The molecule has 1 aliphatic heterocycles. The van der Waals surface area contributed by atoms with Crippen LogP contribution in [0.4, 0.5) is 5.82 Å². The molecule has 100 valence electrons. The van der Waals surface area contributed by atoms with Gasteiger partial charge in [0, 0.05) is 25.2 Å². The monoisotopic (exact) mass is 260 g/mol. The highest BCUT2D eigenvalue weighted by Crippen LogP contribution is 2.19. The molecule has 0 bridgehead atoms. The van der Waals surface area contributed by atoms with Crippen LogP contribution in [0.3, 0.4) is 0 Å². The molecule has 5 heteroatoms. The molecule has 2 rings (SSSR count). The maximum atomic E-state index is 12.0. The summed E-state index contributed by atoms with van der Waals surface area (Å²) in [5, 5.41) is 8.61. The Morgan fingerprint density at radius 3 is 3.00 bits per heavy atom. The van der Waals surface area contributed by atoms with E-state index in [1.165, 1.54) is 6.08 Å². The predicted octanol–water partition coefficient (Wildman–Crippen LogP) is 2.09. The lowest BCUT2D eigenvalue weighted by atomic mass is 10.2. The van der Waals surface area contributed by atoms with Crippen molar-refractivity contribution in [3.8, 4) is 0 Å². The minimum Gasteiger partial charge on any atom is -0.478 e. The fourth-order valence-corrected chi connectivity index (χ4v) is 2.08. The quantitative estimate of drug-likeness (QED) is 0.845. The molecule has 0 aliphatic carbocycles. The van der Waals surface area contributed by atoms with E-state index >= 15 is 0 Å². The Kier molecular flexibility index (Phi) is 4.28. The lowest BCUT2D eigenvalue weighted by Gasteiger charge is -2.19. The maximum absolute atomic E-state index is 12.0. The number of aliphatic carboxylic acids is 1. The first-order valence-electron chi connectivity index (χ1n) is 6.34. The second-order valence-electron chi connectivity index (χ2n) is 4.47. The summed E-state index contributed by atoms with van der Waals surface area (Å²) in [5.41, 5.74) is 0.726. The summed E-state index contributed by atoms with van der Waals surface area (Å²) >= 11 is 0. The molecule has 0 unspecified atom stereocenters. The molecule has 19 heavy (non-hydrogen) atoms. The lowest BCUT2D eigenvalue weighted by molar-refractivity contribution is -0.131. The topological polar surface area (TPSA) is 70.5 Å². The highest BCUT2D eigenvalue weighted by atomic mass is 16.4. The normalized spacial score (nSPS) is 16.6. The van der Waals surface area contributed by atoms with Gasteiger partial charge in [0.25, 0.3) is 0 Å². The van der Waals surface area contributed by atoms with Gasteiger partial charge in [-0.1, -0.05) is 6.42 Å². The molecule has 5 nitrogen and oxygen atoms in total. The van der Waals surface area contributed by atoms with Crippen LogP contribution in [0.5, 0.6) is 0 Å². The van der Waals surface area contributed by atoms with Gasteiger partial charge in [0.15, 0.2) is 0 Å². The van der Waals surface area contributed by atoms with Crippen LogP contribution in [0.1, 0.15) is 31.2 Å². The third kappa shape index (κ3) is 3.64. The van der Waals surface area contributed by atoms with Crippen molar-refractivity contribution in [1.29, 1.82) is 0 Å². The van der Waals surface area contributed by atoms with Crippen LogP contribution in [0.2, 0.25) is 0 Å². The molecule has 1 fully saturated rings. The standard InChI is InChI=1S/C14H16N2O3/c17-13-4-2-1-3-9-16(13)12-10-11(7-8-15-12)5-6-14(18)19/h5-8,10H,1-4,9H2,(H,18,19)/b6-5+. The summed E-state index contributed by atoms with van der Waals surface area (Å²) in [6.45, 7) is 0.679. The van der Waals surface area contributed by atoms with Gasteiger partial charge in [0.2, 0.25) is 5.91 Å². The molecule has 1 N–H and O–H groups in total. The van der Waals surface area contributed by atoms with Gasteiger partial charge >= 0.3 is 5.97 Å². The van der Waals surface area contributed by atoms with Gasteiger partial charge in [-0.2, -0.15) is 0 Å². The number of nitrogens with zero attached hydrogens (tertiary/aromatic N) is 2. The van der Waals surface area contributed by atoms with E-state index < -0.39 is 5.97 Å². The number of anilines is 1. The third-order valence-corrected chi connectivity index (χ3v) is 3.04. The molecule has 1 amide bonds. The Balaban J connectivity index is 2.21. The van der Waals surface area contributed by atoms with Gasteiger partial charge in [0.1, 0.15) is 5.82 Å². The van der Waals surface area contributed by atoms with Gasteiger partial charge < -0.3 is 5.11 Å². The molecule has 0 saturated carbocycles. The van der Waals surface area contributed by atoms with Crippen molar-refractivity contribution >= 4 is 23.8 Å². The van der Waals surface area contributed by atoms with Gasteiger partial charge in [-0.05, 0) is 36.6 Å². The average Bonchev–Trinajstić information content (AvgIpc) is 2.61. The Morgan fingerprint density at radius 1 is 1.37 bits per heavy atom. The van der Waals surface area contributed by atoms with Gasteiger partial charge in [-0.25, -0.2) is 9.78 Å². The average molecular weight is 260 g/mol. The van der Waals surface area contributed by atoms with Crippen molar-refractivity contribution in [1.82, 2.24) is 4.98 Å². The zero-order valence-corrected chi connectivity index (χ0v) is 10.6. The number of hydrogen-bond acceptors (Lipinski definition) is 3. The van der Waals surface area contributed by atoms with Gasteiger partial charge in [-0.3, -0.25) is 9.69 Å². The number of carboxylic acids is 1. The zero-order valence-electron chi connectivity index (χ0n) is 10.6. The summed E-state index contributed by atoms with van der Waals surface area (Å²) in [6, 6.07) is 3.45. The number of rotatable bonds is 3. The van der Waals surface area contributed by atoms with Gasteiger partial charge in [0.05, 0.1) is 0 Å². The Bertz CT molecular complexity index is 511. The minimum atomic E-state index is -0.996. The highest BCUT2D eigenvalue weighted by Gasteiger charge is 2.19. The first kappa shape index (κ1) is 13.3. The van der Waals surface area contributed by atoms with E-state index in [9.17, 15) is 9.59 Å². The fourth-order valence-electron chi connectivity index (χ4n) is 2.08. The van der Waals surface area contributed by atoms with Crippen molar-refractivity contribution in [2.75, 3.05) is 11.4 Å². The molecule has 1 aromatic rings. The summed E-state index contributed by atoms with van der Waals surface area (Å²) in [4.78, 5) is 28.3. The second kappa shape index (κ2) is 6.13. The number of aromatic nitrogens is 1. The maximum Gasteiger partial charge on any atom is 0.328 e. The number of carboxylic acid groups (broad SMARTS) is 1. The van der Waals surface area contributed by atoms with Crippen molar-refractivity contribution < 1.29 is 14.7 Å². The van der Waals surface area contributed by atoms with Crippen molar-refractivity contribution in [2.45, 2.75) is 25.7 Å². The Morgan fingerprint density at radius 2 is 2.21 bits per heavy atom. The van der Waals surface area contributed by atoms with Crippen LogP contribution >= 0.6 is 0 Å². The van der Waals surface area contributed by atoms with E-state index in [1.807, 2.05) is 0 Å². The number of amides is 1. The van der Waals surface area contributed by atoms with Crippen LogP contribution in [0.25, 0.3) is 6.08 Å². The van der Waals surface area contributed by atoms with Crippen LogP contribution in [-0.4, -0.2) is 28.5 Å². The summed E-state index contributed by atoms with van der Waals surface area (Å²) in [6.07, 6.45) is 7.67. The van der Waals surface area contributed by atoms with Gasteiger partial charge in [-0.15, -0.1) is 0 Å². The SMILES string of the molecule is O=C(O)/C=C/c1ccnc(N2CCCCCC2=O)c1. The Labute approximate surface area is 111 Å². The molecule has 2 heterocycles. The molecular formula is C14H16N2O3. The molecule has 0 spiro atoms. The van der Waals surface area contributed by atoms with Crippen molar-refractivity contribution in [2.24, 2.45) is 0 Å². The van der Waals surface area contributed by atoms with Crippen LogP contribution in [-0.2, 0) is 9.59 Å². The predicted molar refractivity (Wildman–Crippen MR) is 71.7 cm³/mol. The van der Waals surface area contributed by atoms with E-state index in [-0.39, 0.29) is 5.91 Å². The largest absolute Gasteiger partial charge is 0.478 e. The molecule has 1 saturated heterocycles. The number of carbonyl (C=O) groups excluding carboxylic acids is 1. The second-order valence-corrected chi connectivity index (χ2v) is 4.47. The summed E-state index contributed by atoms with van der Waals surface area (Å²) < 4.78 is 0. The summed E-state index contributed by atoms with van der Waals surface area (Å²) in [5.74, 6) is -0.312. The van der Waals surface area contributed by atoms with E-state index in [2.05, 4.69) is 4.98 Å². The zero-order chi connectivity index (χ0) is 13.7. The van der Waals surface area contributed by atoms with Crippen LogP contribution in [0.15, 0.2) is 24.4 Å². The molecule has 1 aromatic heterocycles. The van der Waals surface area contributed by atoms with Crippen LogP contribution < -0.4 is 4.90 Å². The highest BCUT2D eigenvalue weighted by molar-refractivity contribution is 5.93. The summed E-state index contributed by atoms with van der Waals surface area (Å²) in [7, 11) is 0. The number of hydrogen-bond donors (Lipinski definition) is 1. The molecule has 0 radical (unpaired) electrons. The smallest absolute Gasteiger partial charge is 0.328 e. The first-order valence-corrected chi connectivity index (χ1v) is 6.34. The molecule has 1 aliphatic rings.